The number of carbonyl (C=O) groups is 1. The van der Waals surface area contributed by atoms with Crippen LogP contribution in [0.3, 0.4) is 0 Å². The molecule has 0 radical (unpaired) electrons. The lowest BCUT2D eigenvalue weighted by atomic mass is 9.96. The maximum absolute atomic E-state index is 12.9. The monoisotopic (exact) mass is 536 g/mol. The molecule has 0 bridgehead atoms. The lowest BCUT2D eigenvalue weighted by Gasteiger charge is -2.28. The Bertz CT molecular complexity index is 1540. The highest BCUT2D eigenvalue weighted by Gasteiger charge is 2.23. The molecular weight excluding hydrogens is 500 g/mol. The normalized spacial score (nSPS) is 14.5. The highest BCUT2D eigenvalue weighted by Crippen LogP contribution is 2.33. The molecule has 1 aromatic heterocycles. The first kappa shape index (κ1) is 27.3. The molecule has 0 aliphatic carbocycles. The average Bonchev–Trinajstić information content (AvgIpc) is 2.95. The number of fused-ring (bicyclic) bond motifs is 1. The molecule has 0 saturated carbocycles. The number of aliphatic imine (C=N–C) groups is 1. The van der Waals surface area contributed by atoms with Crippen LogP contribution in [-0.4, -0.2) is 47.1 Å². The van der Waals surface area contributed by atoms with Crippen molar-refractivity contribution in [2.45, 2.75) is 40.0 Å². The zero-order valence-corrected chi connectivity index (χ0v) is 23.6. The van der Waals surface area contributed by atoms with Crippen LogP contribution >= 0.6 is 0 Å². The van der Waals surface area contributed by atoms with Crippen LogP contribution in [0.4, 0.5) is 22.9 Å². The van der Waals surface area contributed by atoms with E-state index in [1.165, 1.54) is 5.56 Å². The van der Waals surface area contributed by atoms with Gasteiger partial charge in [0, 0.05) is 35.0 Å². The second kappa shape index (κ2) is 12.3. The lowest BCUT2D eigenvalue weighted by molar-refractivity contribution is -0.121. The first-order valence-electron chi connectivity index (χ1n) is 13.8. The van der Waals surface area contributed by atoms with E-state index in [2.05, 4.69) is 50.5 Å². The molecule has 40 heavy (non-hydrogen) atoms. The van der Waals surface area contributed by atoms with E-state index in [0.29, 0.717) is 5.82 Å². The Morgan fingerprint density at radius 3 is 2.62 bits per heavy atom. The molecule has 2 heterocycles. The van der Waals surface area contributed by atoms with Gasteiger partial charge in [-0.25, -0.2) is 9.97 Å². The van der Waals surface area contributed by atoms with E-state index < -0.39 is 0 Å². The SMILES string of the molecule is C/C=N\c1cc(Oc2ccc(Nc3ncnc4ccc(NC(=O)C5CCN(C)CC5)cc34)cc2C)ccc1CC. The van der Waals surface area contributed by atoms with Crippen molar-refractivity contribution in [2.75, 3.05) is 30.8 Å². The predicted molar refractivity (Wildman–Crippen MR) is 163 cm³/mol. The summed E-state index contributed by atoms with van der Waals surface area (Å²) in [4.78, 5) is 28.5. The van der Waals surface area contributed by atoms with Crippen molar-refractivity contribution in [3.05, 3.63) is 72.1 Å². The Morgan fingerprint density at radius 1 is 1.07 bits per heavy atom. The zero-order valence-electron chi connectivity index (χ0n) is 23.6. The van der Waals surface area contributed by atoms with Crippen LogP contribution in [0.1, 0.15) is 37.8 Å². The maximum Gasteiger partial charge on any atom is 0.227 e. The van der Waals surface area contributed by atoms with Crippen LogP contribution in [0, 0.1) is 12.8 Å². The van der Waals surface area contributed by atoms with Crippen molar-refractivity contribution >= 4 is 45.9 Å². The van der Waals surface area contributed by atoms with Gasteiger partial charge in [0.15, 0.2) is 0 Å². The number of likely N-dealkylation sites (tertiary alicyclic amines) is 1. The fourth-order valence-electron chi connectivity index (χ4n) is 5.02. The largest absolute Gasteiger partial charge is 0.457 e. The zero-order chi connectivity index (χ0) is 28.1. The van der Waals surface area contributed by atoms with E-state index in [9.17, 15) is 4.79 Å². The molecule has 2 N–H and O–H groups in total. The van der Waals surface area contributed by atoms with Crippen molar-refractivity contribution in [1.82, 2.24) is 14.9 Å². The summed E-state index contributed by atoms with van der Waals surface area (Å²) in [5, 5.41) is 7.36. The Hall–Kier alpha value is -4.30. The van der Waals surface area contributed by atoms with Crippen LogP contribution in [-0.2, 0) is 11.2 Å². The first-order valence-corrected chi connectivity index (χ1v) is 13.8. The number of nitrogens with zero attached hydrogens (tertiary/aromatic N) is 4. The van der Waals surface area contributed by atoms with Crippen molar-refractivity contribution in [2.24, 2.45) is 10.9 Å². The van der Waals surface area contributed by atoms with E-state index in [-0.39, 0.29) is 11.8 Å². The van der Waals surface area contributed by atoms with E-state index >= 15 is 0 Å². The number of anilines is 3. The molecule has 3 aromatic carbocycles. The van der Waals surface area contributed by atoms with Crippen molar-refractivity contribution in [1.29, 1.82) is 0 Å². The molecule has 5 rings (SSSR count). The van der Waals surface area contributed by atoms with Gasteiger partial charge >= 0.3 is 0 Å². The summed E-state index contributed by atoms with van der Waals surface area (Å²) in [5.74, 6) is 2.30. The predicted octanol–water partition coefficient (Wildman–Crippen LogP) is 7.04. The van der Waals surface area contributed by atoms with E-state index in [0.717, 1.165) is 77.4 Å². The number of aromatic nitrogens is 2. The Morgan fingerprint density at radius 2 is 1.88 bits per heavy atom. The van der Waals surface area contributed by atoms with Crippen LogP contribution in [0.15, 0.2) is 65.9 Å². The molecule has 0 unspecified atom stereocenters. The Balaban J connectivity index is 1.32. The standard InChI is InChI=1S/C32H36N6O2/c1-5-22-7-10-26(19-29(22)33-6-2)40-30-12-9-24(17-21(30)3)36-31-27-18-25(8-11-28(27)34-20-35-31)37-32(39)23-13-15-38(4)16-14-23/h6-12,17-20,23H,5,13-16H2,1-4H3,(H,37,39)(H,34,35,36)/b33-6-. The van der Waals surface area contributed by atoms with Gasteiger partial charge in [-0.3, -0.25) is 9.79 Å². The molecule has 4 aromatic rings. The van der Waals surface area contributed by atoms with Crippen LogP contribution in [0.2, 0.25) is 0 Å². The number of hydrogen-bond donors (Lipinski definition) is 2. The van der Waals surface area contributed by atoms with Gasteiger partial charge in [-0.15, -0.1) is 0 Å². The van der Waals surface area contributed by atoms with E-state index in [1.54, 1.807) is 12.5 Å². The molecule has 1 aliphatic heterocycles. The minimum Gasteiger partial charge on any atom is -0.457 e. The Kier molecular flexibility index (Phi) is 8.36. The van der Waals surface area contributed by atoms with Crippen LogP contribution in [0.5, 0.6) is 11.5 Å². The highest BCUT2D eigenvalue weighted by molar-refractivity contribution is 5.98. The number of ether oxygens (including phenoxy) is 1. The fraction of sp³-hybridized carbons (Fsp3) is 0.312. The van der Waals surface area contributed by atoms with Gasteiger partial charge in [-0.05, 0) is 107 Å². The number of nitrogens with one attached hydrogen (secondary N) is 2. The molecule has 206 valence electrons. The van der Waals surface area contributed by atoms with Crippen molar-refractivity contribution in [3.63, 3.8) is 0 Å². The third-order valence-electron chi connectivity index (χ3n) is 7.36. The molecular formula is C32H36N6O2. The van der Waals surface area contributed by atoms with Gasteiger partial charge in [-0.2, -0.15) is 0 Å². The molecule has 0 spiro atoms. The number of hydrogen-bond acceptors (Lipinski definition) is 7. The van der Waals surface area contributed by atoms with Crippen molar-refractivity contribution in [3.8, 4) is 11.5 Å². The van der Waals surface area contributed by atoms with Gasteiger partial charge in [0.2, 0.25) is 5.91 Å². The van der Waals surface area contributed by atoms with E-state index in [4.69, 9.17) is 4.74 Å². The molecule has 8 heteroatoms. The van der Waals surface area contributed by atoms with E-state index in [1.807, 2.05) is 62.4 Å². The Labute approximate surface area is 235 Å². The third kappa shape index (κ3) is 6.29. The first-order chi connectivity index (χ1) is 19.4. The maximum atomic E-state index is 12.9. The fourth-order valence-corrected chi connectivity index (χ4v) is 5.02. The van der Waals surface area contributed by atoms with Gasteiger partial charge in [0.05, 0.1) is 11.2 Å². The smallest absolute Gasteiger partial charge is 0.227 e. The number of rotatable bonds is 8. The molecule has 8 nitrogen and oxygen atoms in total. The van der Waals surface area contributed by atoms with Gasteiger partial charge in [-0.1, -0.05) is 13.0 Å². The molecule has 1 amide bonds. The number of amides is 1. The molecule has 1 aliphatic rings. The number of aryl methyl sites for hydroxylation is 2. The van der Waals surface area contributed by atoms with Crippen LogP contribution in [0.25, 0.3) is 10.9 Å². The summed E-state index contributed by atoms with van der Waals surface area (Å²) in [6.45, 7) is 7.94. The minimum atomic E-state index is 0.0377. The summed E-state index contributed by atoms with van der Waals surface area (Å²) in [5.41, 5.74) is 5.51. The number of benzene rings is 3. The quantitative estimate of drug-likeness (QED) is 0.235. The second-order valence-electron chi connectivity index (χ2n) is 10.3. The van der Waals surface area contributed by atoms with Gasteiger partial charge in [0.1, 0.15) is 23.6 Å². The van der Waals surface area contributed by atoms with Crippen molar-refractivity contribution < 1.29 is 9.53 Å². The summed E-state index contributed by atoms with van der Waals surface area (Å²) in [7, 11) is 2.09. The molecule has 0 atom stereocenters. The molecule has 1 saturated heterocycles. The summed E-state index contributed by atoms with van der Waals surface area (Å²) in [6, 6.07) is 17.7. The topological polar surface area (TPSA) is 91.7 Å². The average molecular weight is 537 g/mol. The summed E-state index contributed by atoms with van der Waals surface area (Å²) < 4.78 is 6.21. The van der Waals surface area contributed by atoms with Crippen LogP contribution < -0.4 is 15.4 Å². The lowest BCUT2D eigenvalue weighted by Crippen LogP contribution is -2.35. The molecule has 1 fully saturated rings. The minimum absolute atomic E-state index is 0.0377. The number of piperidine rings is 1. The van der Waals surface area contributed by atoms with Gasteiger partial charge in [0.25, 0.3) is 0 Å². The summed E-state index contributed by atoms with van der Waals surface area (Å²) in [6.07, 6.45) is 6.01. The highest BCUT2D eigenvalue weighted by atomic mass is 16.5. The second-order valence-corrected chi connectivity index (χ2v) is 10.3. The third-order valence-corrected chi connectivity index (χ3v) is 7.36. The van der Waals surface area contributed by atoms with Gasteiger partial charge < -0.3 is 20.3 Å². The number of carbonyl (C=O) groups excluding carboxylic acids is 1. The summed E-state index contributed by atoms with van der Waals surface area (Å²) >= 11 is 0.